The third-order valence-corrected chi connectivity index (χ3v) is 2.42. The molecule has 4 nitrogen and oxygen atoms in total. The van der Waals surface area contributed by atoms with E-state index < -0.39 is 6.09 Å². The van der Waals surface area contributed by atoms with Crippen molar-refractivity contribution in [2.24, 2.45) is 0 Å². The third-order valence-electron chi connectivity index (χ3n) is 2.18. The summed E-state index contributed by atoms with van der Waals surface area (Å²) in [7, 11) is 1.60. The maximum absolute atomic E-state index is 11.1. The predicted octanol–water partition coefficient (Wildman–Crippen LogP) is 2.64. The van der Waals surface area contributed by atoms with Crippen molar-refractivity contribution in [3.63, 3.8) is 0 Å². The molecule has 0 fully saturated rings. The quantitative estimate of drug-likeness (QED) is 0.882. The highest BCUT2D eigenvalue weighted by molar-refractivity contribution is 6.30. The highest BCUT2D eigenvalue weighted by Crippen LogP contribution is 2.22. The van der Waals surface area contributed by atoms with Gasteiger partial charge in [0, 0.05) is 11.6 Å². The van der Waals surface area contributed by atoms with Gasteiger partial charge in [-0.1, -0.05) is 11.6 Å². The Labute approximate surface area is 106 Å². The third kappa shape index (κ3) is 4.53. The second-order valence-corrected chi connectivity index (χ2v) is 3.79. The monoisotopic (exact) mass is 257 g/mol. The Morgan fingerprint density at radius 1 is 1.47 bits per heavy atom. The van der Waals surface area contributed by atoms with Crippen LogP contribution in [0.15, 0.2) is 18.2 Å². The number of carbonyl (C=O) groups excluding carboxylic acids is 1. The van der Waals surface area contributed by atoms with E-state index in [9.17, 15) is 4.79 Å². The Balaban J connectivity index is 2.50. The van der Waals surface area contributed by atoms with Crippen LogP contribution < -0.4 is 10.1 Å². The second kappa shape index (κ2) is 7.01. The highest BCUT2D eigenvalue weighted by Gasteiger charge is 2.05. The van der Waals surface area contributed by atoms with Gasteiger partial charge in [-0.15, -0.1) is 0 Å². The lowest BCUT2D eigenvalue weighted by molar-refractivity contribution is 0.152. The van der Waals surface area contributed by atoms with Crippen LogP contribution in [-0.2, 0) is 11.2 Å². The number of amides is 1. The maximum atomic E-state index is 11.1. The zero-order valence-electron chi connectivity index (χ0n) is 9.96. The molecular weight excluding hydrogens is 242 g/mol. The van der Waals surface area contributed by atoms with Crippen LogP contribution in [-0.4, -0.2) is 26.4 Å². The Hall–Kier alpha value is -1.42. The smallest absolute Gasteiger partial charge is 0.407 e. The SMILES string of the molecule is CCOC(=O)NCCc1cc(Cl)ccc1OC. The van der Waals surface area contributed by atoms with Gasteiger partial charge in [0.15, 0.2) is 0 Å². The number of rotatable bonds is 5. The topological polar surface area (TPSA) is 47.6 Å². The number of halogens is 1. The van der Waals surface area contributed by atoms with Crippen LogP contribution in [0.3, 0.4) is 0 Å². The summed E-state index contributed by atoms with van der Waals surface area (Å²) in [6.07, 6.45) is 0.233. The summed E-state index contributed by atoms with van der Waals surface area (Å²) < 4.78 is 9.96. The molecule has 0 saturated carbocycles. The van der Waals surface area contributed by atoms with Crippen LogP contribution >= 0.6 is 11.6 Å². The molecule has 5 heteroatoms. The van der Waals surface area contributed by atoms with Gasteiger partial charge in [0.25, 0.3) is 0 Å². The molecule has 1 N–H and O–H groups in total. The molecule has 0 aliphatic heterocycles. The Morgan fingerprint density at radius 2 is 2.24 bits per heavy atom. The van der Waals surface area contributed by atoms with Gasteiger partial charge in [-0.25, -0.2) is 4.79 Å². The number of carbonyl (C=O) groups is 1. The minimum atomic E-state index is -0.409. The van der Waals surface area contributed by atoms with E-state index in [4.69, 9.17) is 21.1 Å². The molecule has 0 atom stereocenters. The Bertz CT molecular complexity index is 382. The van der Waals surface area contributed by atoms with E-state index in [-0.39, 0.29) is 0 Å². The molecular formula is C12H16ClNO3. The molecule has 1 rings (SSSR count). The summed E-state index contributed by atoms with van der Waals surface area (Å²) in [4.78, 5) is 11.1. The lowest BCUT2D eigenvalue weighted by Crippen LogP contribution is -2.26. The molecule has 0 aliphatic carbocycles. The van der Waals surface area contributed by atoms with E-state index in [1.807, 2.05) is 12.1 Å². The molecule has 1 aromatic rings. The zero-order valence-corrected chi connectivity index (χ0v) is 10.7. The number of methoxy groups -OCH3 is 1. The van der Waals surface area contributed by atoms with Crippen molar-refractivity contribution in [1.82, 2.24) is 5.32 Å². The van der Waals surface area contributed by atoms with Crippen LogP contribution in [0.4, 0.5) is 4.79 Å². The lowest BCUT2D eigenvalue weighted by atomic mass is 10.1. The predicted molar refractivity (Wildman–Crippen MR) is 66.7 cm³/mol. The van der Waals surface area contributed by atoms with E-state index >= 15 is 0 Å². The molecule has 0 radical (unpaired) electrons. The van der Waals surface area contributed by atoms with E-state index in [0.717, 1.165) is 11.3 Å². The fourth-order valence-corrected chi connectivity index (χ4v) is 1.62. The molecule has 0 spiro atoms. The molecule has 0 unspecified atom stereocenters. The molecule has 1 amide bonds. The normalized spacial score (nSPS) is 9.82. The van der Waals surface area contributed by atoms with Gasteiger partial charge >= 0.3 is 6.09 Å². The minimum Gasteiger partial charge on any atom is -0.496 e. The number of ether oxygens (including phenoxy) is 2. The van der Waals surface area contributed by atoms with Gasteiger partial charge in [-0.05, 0) is 37.1 Å². The highest BCUT2D eigenvalue weighted by atomic mass is 35.5. The van der Waals surface area contributed by atoms with Crippen LogP contribution in [0.5, 0.6) is 5.75 Å². The van der Waals surface area contributed by atoms with Crippen LogP contribution in [0.2, 0.25) is 5.02 Å². The number of alkyl carbamates (subject to hydrolysis) is 1. The first-order chi connectivity index (χ1) is 8.17. The first kappa shape index (κ1) is 13.6. The standard InChI is InChI=1S/C12H16ClNO3/c1-3-17-12(15)14-7-6-9-8-10(13)4-5-11(9)16-2/h4-5,8H,3,6-7H2,1-2H3,(H,14,15). The minimum absolute atomic E-state index is 0.367. The van der Waals surface area contributed by atoms with Gasteiger partial charge < -0.3 is 14.8 Å². The van der Waals surface area contributed by atoms with E-state index in [2.05, 4.69) is 5.32 Å². The molecule has 0 saturated heterocycles. The molecule has 0 aromatic heterocycles. The van der Waals surface area contributed by atoms with Crippen molar-refractivity contribution in [1.29, 1.82) is 0 Å². The zero-order chi connectivity index (χ0) is 12.7. The van der Waals surface area contributed by atoms with Gasteiger partial charge in [-0.2, -0.15) is 0 Å². The van der Waals surface area contributed by atoms with Crippen LogP contribution in [0, 0.1) is 0 Å². The first-order valence-electron chi connectivity index (χ1n) is 5.40. The maximum Gasteiger partial charge on any atom is 0.407 e. The first-order valence-corrected chi connectivity index (χ1v) is 5.78. The largest absolute Gasteiger partial charge is 0.496 e. The van der Waals surface area contributed by atoms with Crippen molar-refractivity contribution >= 4 is 17.7 Å². The average Bonchev–Trinajstić information content (AvgIpc) is 2.30. The fraction of sp³-hybridized carbons (Fsp3) is 0.417. The van der Waals surface area contributed by atoms with Gasteiger partial charge in [0.1, 0.15) is 5.75 Å². The van der Waals surface area contributed by atoms with E-state index in [1.54, 1.807) is 20.1 Å². The van der Waals surface area contributed by atoms with Crippen molar-refractivity contribution in [3.05, 3.63) is 28.8 Å². The number of hydrogen-bond donors (Lipinski definition) is 1. The van der Waals surface area contributed by atoms with Crippen LogP contribution in [0.1, 0.15) is 12.5 Å². The number of hydrogen-bond acceptors (Lipinski definition) is 3. The van der Waals surface area contributed by atoms with E-state index in [1.165, 1.54) is 0 Å². The summed E-state index contributed by atoms with van der Waals surface area (Å²) in [5.41, 5.74) is 0.955. The number of nitrogens with one attached hydrogen (secondary N) is 1. The summed E-state index contributed by atoms with van der Waals surface area (Å²) >= 11 is 5.90. The second-order valence-electron chi connectivity index (χ2n) is 3.35. The number of benzene rings is 1. The van der Waals surface area contributed by atoms with Crippen molar-refractivity contribution < 1.29 is 14.3 Å². The van der Waals surface area contributed by atoms with Crippen LogP contribution in [0.25, 0.3) is 0 Å². The summed E-state index contributed by atoms with van der Waals surface area (Å²) in [5.74, 6) is 0.764. The van der Waals surface area contributed by atoms with Crippen molar-refractivity contribution in [2.45, 2.75) is 13.3 Å². The Kier molecular flexibility index (Phi) is 5.63. The van der Waals surface area contributed by atoms with Gasteiger partial charge in [0.05, 0.1) is 13.7 Å². The van der Waals surface area contributed by atoms with E-state index in [0.29, 0.717) is 24.6 Å². The molecule has 0 bridgehead atoms. The molecule has 17 heavy (non-hydrogen) atoms. The Morgan fingerprint density at radius 3 is 2.88 bits per heavy atom. The summed E-state index contributed by atoms with van der Waals surface area (Å²) in [6, 6.07) is 5.40. The summed E-state index contributed by atoms with van der Waals surface area (Å²) in [5, 5.41) is 3.29. The van der Waals surface area contributed by atoms with Gasteiger partial charge in [0.2, 0.25) is 0 Å². The molecule has 0 aliphatic rings. The van der Waals surface area contributed by atoms with Crippen molar-refractivity contribution in [2.75, 3.05) is 20.3 Å². The summed E-state index contributed by atoms with van der Waals surface area (Å²) in [6.45, 7) is 2.61. The molecule has 0 heterocycles. The fourth-order valence-electron chi connectivity index (χ4n) is 1.42. The van der Waals surface area contributed by atoms with Gasteiger partial charge in [-0.3, -0.25) is 0 Å². The average molecular weight is 258 g/mol. The molecule has 1 aromatic carbocycles. The molecule has 94 valence electrons. The van der Waals surface area contributed by atoms with Crippen molar-refractivity contribution in [3.8, 4) is 5.75 Å². The lowest BCUT2D eigenvalue weighted by Gasteiger charge is -2.09.